The third kappa shape index (κ3) is 3.34. The molecule has 104 valence electrons. The summed E-state index contributed by atoms with van der Waals surface area (Å²) < 4.78 is 25.3. The summed E-state index contributed by atoms with van der Waals surface area (Å²) in [4.78, 5) is 7.98. The van der Waals surface area contributed by atoms with Gasteiger partial charge in [0.05, 0.1) is 17.8 Å². The molecule has 0 aliphatic heterocycles. The minimum Gasteiger partial charge on any atom is -0.497 e. The average molecular weight is 310 g/mol. The Labute approximate surface area is 122 Å². The Morgan fingerprint density at radius 1 is 1.35 bits per heavy atom. The van der Waals surface area contributed by atoms with Gasteiger partial charge in [0.1, 0.15) is 20.5 Å². The van der Waals surface area contributed by atoms with Crippen molar-refractivity contribution < 1.29 is 8.95 Å². The van der Waals surface area contributed by atoms with E-state index in [9.17, 15) is 4.21 Å². The molecule has 1 N–H and O–H groups in total. The highest BCUT2D eigenvalue weighted by molar-refractivity contribution is 7.95. The summed E-state index contributed by atoms with van der Waals surface area (Å²) in [7, 11) is -1.68. The average Bonchev–Trinajstić information content (AvgIpc) is 2.46. The monoisotopic (exact) mass is 309 g/mol. The Balaban J connectivity index is 2.34. The van der Waals surface area contributed by atoms with E-state index in [1.54, 1.807) is 24.4 Å². The van der Waals surface area contributed by atoms with Crippen LogP contribution in [-0.2, 0) is 9.73 Å². The zero-order valence-corrected chi connectivity index (χ0v) is 12.2. The van der Waals surface area contributed by atoms with Gasteiger partial charge in [0, 0.05) is 23.9 Å². The first-order valence-corrected chi connectivity index (χ1v) is 7.60. The summed E-state index contributed by atoms with van der Waals surface area (Å²) in [5.74, 6) is 0.499. The normalized spacial score (nSPS) is 14.1. The molecule has 0 saturated heterocycles. The van der Waals surface area contributed by atoms with Crippen LogP contribution >= 0.6 is 11.6 Å². The van der Waals surface area contributed by atoms with Gasteiger partial charge in [0.15, 0.2) is 0 Å². The molecule has 2 heterocycles. The van der Waals surface area contributed by atoms with Crippen molar-refractivity contribution in [1.29, 1.82) is 4.78 Å². The lowest BCUT2D eigenvalue weighted by molar-refractivity contribution is 0.412. The summed E-state index contributed by atoms with van der Waals surface area (Å²) in [6, 6.07) is 6.46. The number of aromatic nitrogens is 2. The van der Waals surface area contributed by atoms with Crippen molar-refractivity contribution in [1.82, 2.24) is 9.97 Å². The van der Waals surface area contributed by atoms with Gasteiger partial charge in [-0.1, -0.05) is 11.6 Å². The van der Waals surface area contributed by atoms with Crippen LogP contribution in [0.3, 0.4) is 0 Å². The third-order valence-electron chi connectivity index (χ3n) is 2.46. The first kappa shape index (κ1) is 14.5. The van der Waals surface area contributed by atoms with Crippen LogP contribution in [0.2, 0.25) is 5.02 Å². The summed E-state index contributed by atoms with van der Waals surface area (Å²) in [5.41, 5.74) is 0.456. The van der Waals surface area contributed by atoms with Crippen molar-refractivity contribution in [2.45, 2.75) is 5.03 Å². The molecule has 0 fully saturated rings. The predicted molar refractivity (Wildman–Crippen MR) is 78.2 cm³/mol. The molecule has 1 unspecified atom stereocenters. The van der Waals surface area contributed by atoms with Crippen LogP contribution < -0.4 is 4.74 Å². The smallest absolute Gasteiger partial charge is 0.143 e. The van der Waals surface area contributed by atoms with Gasteiger partial charge in [-0.05, 0) is 24.3 Å². The topological polar surface area (TPSA) is 75.9 Å². The van der Waals surface area contributed by atoms with Crippen LogP contribution in [0.1, 0.15) is 5.69 Å². The lowest BCUT2D eigenvalue weighted by Gasteiger charge is -2.04. The number of halogens is 1. The van der Waals surface area contributed by atoms with Crippen molar-refractivity contribution in [2.24, 2.45) is 0 Å². The van der Waals surface area contributed by atoms with E-state index in [0.717, 1.165) is 0 Å². The zero-order chi connectivity index (χ0) is 14.6. The Kier molecular flexibility index (Phi) is 4.36. The quantitative estimate of drug-likeness (QED) is 0.941. The van der Waals surface area contributed by atoms with Crippen LogP contribution in [0.4, 0.5) is 0 Å². The van der Waals surface area contributed by atoms with Gasteiger partial charge in [0.2, 0.25) is 0 Å². The Morgan fingerprint density at radius 2 is 2.15 bits per heavy atom. The second kappa shape index (κ2) is 6.02. The molecule has 0 bridgehead atoms. The lowest BCUT2D eigenvalue weighted by atomic mass is 10.3. The summed E-state index contributed by atoms with van der Waals surface area (Å²) >= 11 is 5.94. The van der Waals surface area contributed by atoms with E-state index in [4.69, 9.17) is 21.1 Å². The maximum atomic E-state index is 12.3. The van der Waals surface area contributed by atoms with Gasteiger partial charge < -0.3 is 4.74 Å². The summed E-state index contributed by atoms with van der Waals surface area (Å²) in [5, 5.41) is 1.79. The molecule has 2 aromatic rings. The SMILES string of the molecule is COc1ccnc(S(=N)(=O)/C=C/c2ncccc2Cl)c1. The standard InChI is InChI=1S/C13H12ClN3O2S/c1-19-10-4-7-17-13(9-10)20(15,18)8-5-12-11(14)3-2-6-16-12/h2-9,15H,1H3/b8-5+. The van der Waals surface area contributed by atoms with E-state index in [-0.39, 0.29) is 5.03 Å². The van der Waals surface area contributed by atoms with E-state index in [2.05, 4.69) is 9.97 Å². The van der Waals surface area contributed by atoms with E-state index >= 15 is 0 Å². The molecule has 1 atom stereocenters. The lowest BCUT2D eigenvalue weighted by Crippen LogP contribution is -1.98. The maximum Gasteiger partial charge on any atom is 0.143 e. The number of hydrogen-bond donors (Lipinski definition) is 1. The fourth-order valence-electron chi connectivity index (χ4n) is 1.43. The molecule has 0 saturated carbocycles. The predicted octanol–water partition coefficient (Wildman–Crippen LogP) is 3.22. The van der Waals surface area contributed by atoms with Crippen molar-refractivity contribution in [3.05, 3.63) is 52.8 Å². The fourth-order valence-corrected chi connectivity index (χ4v) is 2.59. The second-order valence-corrected chi connectivity index (χ2v) is 6.11. The van der Waals surface area contributed by atoms with Gasteiger partial charge in [-0.2, -0.15) is 0 Å². The maximum absolute atomic E-state index is 12.3. The van der Waals surface area contributed by atoms with Crippen LogP contribution in [-0.4, -0.2) is 21.3 Å². The van der Waals surface area contributed by atoms with E-state index in [1.165, 1.54) is 30.9 Å². The molecule has 2 aromatic heterocycles. The molecule has 2 rings (SSSR count). The molecule has 0 spiro atoms. The molecule has 0 aliphatic rings. The Morgan fingerprint density at radius 3 is 2.85 bits per heavy atom. The summed E-state index contributed by atoms with van der Waals surface area (Å²) in [6.07, 6.45) is 4.48. The Hall–Kier alpha value is -1.92. The van der Waals surface area contributed by atoms with Gasteiger partial charge in [-0.25, -0.2) is 14.0 Å². The first-order chi connectivity index (χ1) is 9.53. The minimum absolute atomic E-state index is 0.125. The number of pyridine rings is 2. The highest BCUT2D eigenvalue weighted by Crippen LogP contribution is 2.19. The van der Waals surface area contributed by atoms with Crippen molar-refractivity contribution in [2.75, 3.05) is 7.11 Å². The Bertz CT molecular complexity index is 745. The van der Waals surface area contributed by atoms with Crippen LogP contribution in [0, 0.1) is 4.78 Å². The zero-order valence-electron chi connectivity index (χ0n) is 10.6. The minimum atomic E-state index is -3.18. The first-order valence-electron chi connectivity index (χ1n) is 5.60. The molecule has 20 heavy (non-hydrogen) atoms. The number of rotatable bonds is 4. The highest BCUT2D eigenvalue weighted by atomic mass is 35.5. The highest BCUT2D eigenvalue weighted by Gasteiger charge is 2.09. The molecular formula is C13H12ClN3O2S. The second-order valence-electron chi connectivity index (χ2n) is 3.81. The van der Waals surface area contributed by atoms with Crippen LogP contribution in [0.15, 0.2) is 47.1 Å². The van der Waals surface area contributed by atoms with E-state index in [0.29, 0.717) is 16.5 Å². The van der Waals surface area contributed by atoms with Crippen LogP contribution in [0.5, 0.6) is 5.75 Å². The van der Waals surface area contributed by atoms with Gasteiger partial charge in [-0.15, -0.1) is 0 Å². The molecule has 5 nitrogen and oxygen atoms in total. The molecule has 0 aliphatic carbocycles. The van der Waals surface area contributed by atoms with Crippen molar-refractivity contribution >= 4 is 27.4 Å². The molecular weight excluding hydrogens is 298 g/mol. The number of hydrogen-bond acceptors (Lipinski definition) is 5. The number of methoxy groups -OCH3 is 1. The third-order valence-corrected chi connectivity index (χ3v) is 4.14. The largest absolute Gasteiger partial charge is 0.497 e. The molecule has 0 amide bonds. The fraction of sp³-hybridized carbons (Fsp3) is 0.0769. The van der Waals surface area contributed by atoms with Crippen molar-refractivity contribution in [3.63, 3.8) is 0 Å². The van der Waals surface area contributed by atoms with Gasteiger partial charge >= 0.3 is 0 Å². The van der Waals surface area contributed by atoms with Gasteiger partial charge in [0.25, 0.3) is 0 Å². The molecule has 0 radical (unpaired) electrons. The number of nitrogens with zero attached hydrogens (tertiary/aromatic N) is 2. The van der Waals surface area contributed by atoms with E-state index < -0.39 is 9.73 Å². The molecule has 7 heteroatoms. The molecule has 0 aromatic carbocycles. The van der Waals surface area contributed by atoms with Gasteiger partial charge in [-0.3, -0.25) is 4.98 Å². The summed E-state index contributed by atoms with van der Waals surface area (Å²) in [6.45, 7) is 0. The van der Waals surface area contributed by atoms with Crippen LogP contribution in [0.25, 0.3) is 6.08 Å². The van der Waals surface area contributed by atoms with E-state index in [1.807, 2.05) is 0 Å². The van der Waals surface area contributed by atoms with Crippen molar-refractivity contribution in [3.8, 4) is 5.75 Å². The number of nitrogens with one attached hydrogen (secondary N) is 1. The number of ether oxygens (including phenoxy) is 1.